The number of nitrogens with zero attached hydrogens (tertiary/aromatic N) is 1. The summed E-state index contributed by atoms with van der Waals surface area (Å²) in [5.74, 6) is 1.00. The fraction of sp³-hybridized carbons (Fsp3) is 0.370. The van der Waals surface area contributed by atoms with Crippen molar-refractivity contribution in [1.82, 2.24) is 4.98 Å². The maximum atomic E-state index is 12.8. The molecule has 2 aromatic carbocycles. The van der Waals surface area contributed by atoms with Crippen LogP contribution in [0.5, 0.6) is 11.5 Å². The first-order valence-electron chi connectivity index (χ1n) is 11.7. The number of thiazole rings is 1. The summed E-state index contributed by atoms with van der Waals surface area (Å²) in [6, 6.07) is 12.7. The van der Waals surface area contributed by atoms with Crippen molar-refractivity contribution in [2.24, 2.45) is 0 Å². The van der Waals surface area contributed by atoms with E-state index in [0.717, 1.165) is 11.3 Å². The Labute approximate surface area is 216 Å². The van der Waals surface area contributed by atoms with E-state index in [1.54, 1.807) is 51.1 Å². The van der Waals surface area contributed by atoms with E-state index in [9.17, 15) is 9.59 Å². The molecule has 0 bridgehead atoms. The summed E-state index contributed by atoms with van der Waals surface area (Å²) in [6.07, 6.45) is 0.0154. The normalized spacial score (nSPS) is 11.2. The van der Waals surface area contributed by atoms with Crippen molar-refractivity contribution < 1.29 is 23.8 Å². The zero-order valence-electron chi connectivity index (χ0n) is 21.5. The summed E-state index contributed by atoms with van der Waals surface area (Å²) in [5.41, 5.74) is 2.41. The van der Waals surface area contributed by atoms with Crippen LogP contribution in [0.15, 0.2) is 47.8 Å². The smallest absolute Gasteiger partial charge is 0.413 e. The molecule has 0 unspecified atom stereocenters. The van der Waals surface area contributed by atoms with E-state index in [4.69, 9.17) is 14.2 Å². The number of hydrogen-bond acceptors (Lipinski definition) is 7. The van der Waals surface area contributed by atoms with E-state index >= 15 is 0 Å². The predicted molar refractivity (Wildman–Crippen MR) is 143 cm³/mol. The highest BCUT2D eigenvalue weighted by Crippen LogP contribution is 2.24. The first-order valence-corrected chi connectivity index (χ1v) is 12.6. The Morgan fingerprint density at radius 2 is 1.78 bits per heavy atom. The van der Waals surface area contributed by atoms with Gasteiger partial charge in [0.05, 0.1) is 24.0 Å². The molecule has 0 aliphatic heterocycles. The van der Waals surface area contributed by atoms with Crippen LogP contribution in [-0.4, -0.2) is 35.3 Å². The summed E-state index contributed by atoms with van der Waals surface area (Å²) >= 11 is 1.33. The number of rotatable bonds is 9. The van der Waals surface area contributed by atoms with Crippen molar-refractivity contribution in [2.45, 2.75) is 59.7 Å². The number of anilines is 2. The lowest BCUT2D eigenvalue weighted by atomic mass is 10.1. The van der Waals surface area contributed by atoms with Gasteiger partial charge in [0.15, 0.2) is 5.13 Å². The fourth-order valence-electron chi connectivity index (χ4n) is 3.15. The average Bonchev–Trinajstić information content (AvgIpc) is 3.20. The van der Waals surface area contributed by atoms with Crippen LogP contribution in [-0.2, 0) is 11.2 Å². The molecule has 0 radical (unpaired) electrons. The van der Waals surface area contributed by atoms with Crippen molar-refractivity contribution in [3.8, 4) is 11.5 Å². The van der Waals surface area contributed by atoms with E-state index < -0.39 is 11.7 Å². The van der Waals surface area contributed by atoms with Gasteiger partial charge in [-0.25, -0.2) is 9.78 Å². The molecule has 8 nitrogen and oxygen atoms in total. The van der Waals surface area contributed by atoms with Gasteiger partial charge >= 0.3 is 6.09 Å². The van der Waals surface area contributed by atoms with Crippen molar-refractivity contribution in [3.05, 3.63) is 64.7 Å². The SMILES string of the molecule is Cc1ccc(C(=O)Nc2ccc(OCCc3csc(NC(=O)OC(C)(C)C)n3)cc2)c(OC(C)C)c1. The van der Waals surface area contributed by atoms with Gasteiger partial charge in [0, 0.05) is 17.5 Å². The molecule has 0 fully saturated rings. The monoisotopic (exact) mass is 511 g/mol. The molecule has 1 aromatic heterocycles. The lowest BCUT2D eigenvalue weighted by molar-refractivity contribution is 0.0635. The molecule has 0 saturated heterocycles. The zero-order valence-corrected chi connectivity index (χ0v) is 22.3. The molecule has 3 aromatic rings. The molecule has 36 heavy (non-hydrogen) atoms. The maximum absolute atomic E-state index is 12.8. The summed E-state index contributed by atoms with van der Waals surface area (Å²) in [7, 11) is 0. The van der Waals surface area contributed by atoms with Crippen LogP contribution in [0.1, 0.15) is 56.2 Å². The van der Waals surface area contributed by atoms with Gasteiger partial charge in [-0.05, 0) is 83.5 Å². The minimum absolute atomic E-state index is 0.0353. The van der Waals surface area contributed by atoms with E-state index in [1.807, 2.05) is 38.3 Å². The molecule has 2 amide bonds. The topological polar surface area (TPSA) is 98.8 Å². The number of aryl methyl sites for hydroxylation is 1. The minimum Gasteiger partial charge on any atom is -0.493 e. The molecule has 0 atom stereocenters. The van der Waals surface area contributed by atoms with Crippen molar-refractivity contribution >= 4 is 34.2 Å². The Balaban J connectivity index is 1.49. The highest BCUT2D eigenvalue weighted by molar-refractivity contribution is 7.13. The summed E-state index contributed by atoms with van der Waals surface area (Å²) in [6.45, 7) is 11.7. The van der Waals surface area contributed by atoms with Crippen molar-refractivity contribution in [3.63, 3.8) is 0 Å². The van der Waals surface area contributed by atoms with E-state index in [1.165, 1.54) is 11.3 Å². The van der Waals surface area contributed by atoms with Gasteiger partial charge in [-0.1, -0.05) is 6.07 Å². The second kappa shape index (κ2) is 11.9. The van der Waals surface area contributed by atoms with Gasteiger partial charge in [-0.2, -0.15) is 0 Å². The Kier molecular flexibility index (Phi) is 8.93. The van der Waals surface area contributed by atoms with Gasteiger partial charge in [0.25, 0.3) is 5.91 Å². The number of aromatic nitrogens is 1. The molecular formula is C27H33N3O5S. The van der Waals surface area contributed by atoms with Gasteiger partial charge in [-0.3, -0.25) is 10.1 Å². The number of benzene rings is 2. The van der Waals surface area contributed by atoms with Crippen LogP contribution >= 0.6 is 11.3 Å². The second-order valence-electron chi connectivity index (χ2n) is 9.51. The Morgan fingerprint density at radius 1 is 1.06 bits per heavy atom. The number of carbonyl (C=O) groups excluding carboxylic acids is 2. The van der Waals surface area contributed by atoms with E-state index in [-0.39, 0.29) is 12.0 Å². The Hall–Kier alpha value is -3.59. The number of nitrogens with one attached hydrogen (secondary N) is 2. The minimum atomic E-state index is -0.567. The summed E-state index contributed by atoms with van der Waals surface area (Å²) in [5, 5.41) is 7.90. The molecule has 2 N–H and O–H groups in total. The molecule has 0 aliphatic carbocycles. The highest BCUT2D eigenvalue weighted by Gasteiger charge is 2.17. The second-order valence-corrected chi connectivity index (χ2v) is 10.4. The number of ether oxygens (including phenoxy) is 3. The molecule has 0 aliphatic rings. The Bertz CT molecular complexity index is 1180. The van der Waals surface area contributed by atoms with E-state index in [2.05, 4.69) is 15.6 Å². The molecule has 3 rings (SSSR count). The molecule has 0 spiro atoms. The molecular weight excluding hydrogens is 478 g/mol. The van der Waals surface area contributed by atoms with Crippen LogP contribution < -0.4 is 20.1 Å². The first-order chi connectivity index (χ1) is 17.0. The lowest BCUT2D eigenvalue weighted by Gasteiger charge is -2.18. The summed E-state index contributed by atoms with van der Waals surface area (Å²) in [4.78, 5) is 29.1. The van der Waals surface area contributed by atoms with Gasteiger partial charge in [0.1, 0.15) is 17.1 Å². The lowest BCUT2D eigenvalue weighted by Crippen LogP contribution is -2.27. The third kappa shape index (κ3) is 8.57. The molecule has 9 heteroatoms. The number of amides is 2. The zero-order chi connectivity index (χ0) is 26.3. The van der Waals surface area contributed by atoms with Gasteiger partial charge < -0.3 is 19.5 Å². The Morgan fingerprint density at radius 3 is 2.44 bits per heavy atom. The van der Waals surface area contributed by atoms with Crippen molar-refractivity contribution in [2.75, 3.05) is 17.2 Å². The maximum Gasteiger partial charge on any atom is 0.413 e. The van der Waals surface area contributed by atoms with Crippen LogP contribution in [0.4, 0.5) is 15.6 Å². The third-order valence-corrected chi connectivity index (χ3v) is 5.45. The van der Waals surface area contributed by atoms with Crippen molar-refractivity contribution in [1.29, 1.82) is 0 Å². The first kappa shape index (κ1) is 27.0. The number of carbonyl (C=O) groups is 2. The fourth-order valence-corrected chi connectivity index (χ4v) is 3.88. The molecule has 192 valence electrons. The third-order valence-electron chi connectivity index (χ3n) is 4.64. The quantitative estimate of drug-likeness (QED) is 0.342. The molecule has 0 saturated carbocycles. The van der Waals surface area contributed by atoms with Gasteiger partial charge in [0.2, 0.25) is 0 Å². The molecule has 1 heterocycles. The largest absolute Gasteiger partial charge is 0.493 e. The predicted octanol–water partition coefficient (Wildman–Crippen LogP) is 6.46. The van der Waals surface area contributed by atoms with Crippen LogP contribution in [0.25, 0.3) is 0 Å². The average molecular weight is 512 g/mol. The van der Waals surface area contributed by atoms with Crippen LogP contribution in [0.3, 0.4) is 0 Å². The van der Waals surface area contributed by atoms with Gasteiger partial charge in [-0.15, -0.1) is 11.3 Å². The standard InChI is InChI=1S/C27H33N3O5S/c1-17(2)34-23-15-18(3)7-12-22(23)24(31)28-19-8-10-21(11-9-19)33-14-13-20-16-36-25(29-20)30-26(32)35-27(4,5)6/h7-12,15-17H,13-14H2,1-6H3,(H,28,31)(H,29,30,32). The summed E-state index contributed by atoms with van der Waals surface area (Å²) < 4.78 is 16.9. The number of hydrogen-bond donors (Lipinski definition) is 2. The van der Waals surface area contributed by atoms with Crippen LogP contribution in [0, 0.1) is 6.92 Å². The van der Waals surface area contributed by atoms with E-state index in [0.29, 0.717) is 40.9 Å². The van der Waals surface area contributed by atoms with Crippen LogP contribution in [0.2, 0.25) is 0 Å². The highest BCUT2D eigenvalue weighted by atomic mass is 32.1.